The molecule has 0 aliphatic carbocycles. The van der Waals surface area contributed by atoms with Crippen molar-refractivity contribution in [2.24, 2.45) is 0 Å². The van der Waals surface area contributed by atoms with E-state index in [0.717, 1.165) is 12.8 Å². The zero-order chi connectivity index (χ0) is 11.8. The summed E-state index contributed by atoms with van der Waals surface area (Å²) in [7, 11) is 0. The highest BCUT2D eigenvalue weighted by Crippen LogP contribution is 2.14. The minimum atomic E-state index is 0.165. The summed E-state index contributed by atoms with van der Waals surface area (Å²) >= 11 is 0. The van der Waals surface area contributed by atoms with Gasteiger partial charge in [0, 0.05) is 25.0 Å². The van der Waals surface area contributed by atoms with Crippen LogP contribution in [0.2, 0.25) is 0 Å². The van der Waals surface area contributed by atoms with Crippen molar-refractivity contribution in [1.82, 2.24) is 4.90 Å². The molecule has 1 N–H and O–H groups in total. The maximum atomic E-state index is 11.1. The number of carbonyl (C=O) groups is 1. The molecule has 3 nitrogen and oxygen atoms in total. The summed E-state index contributed by atoms with van der Waals surface area (Å²) < 4.78 is 0. The maximum Gasteiger partial charge on any atom is 0.131 e. The number of rotatable bonds is 8. The van der Waals surface area contributed by atoms with Gasteiger partial charge in [-0.05, 0) is 26.7 Å². The molecule has 0 saturated heterocycles. The molecule has 90 valence electrons. The van der Waals surface area contributed by atoms with Crippen molar-refractivity contribution < 1.29 is 9.90 Å². The summed E-state index contributed by atoms with van der Waals surface area (Å²) in [6, 6.07) is 0.714. The SMILES string of the molecule is CCC(CC)N(CCO)C(C)CC(C)=O. The smallest absolute Gasteiger partial charge is 0.131 e. The second-order valence-electron chi connectivity index (χ2n) is 4.19. The highest BCUT2D eigenvalue weighted by atomic mass is 16.3. The van der Waals surface area contributed by atoms with Gasteiger partial charge in [-0.2, -0.15) is 0 Å². The molecule has 3 heteroatoms. The van der Waals surface area contributed by atoms with Gasteiger partial charge >= 0.3 is 0 Å². The van der Waals surface area contributed by atoms with Crippen LogP contribution in [0.3, 0.4) is 0 Å². The van der Waals surface area contributed by atoms with Crippen LogP contribution in [-0.4, -0.2) is 41.0 Å². The molecular weight excluding hydrogens is 190 g/mol. The van der Waals surface area contributed by atoms with E-state index >= 15 is 0 Å². The quantitative estimate of drug-likeness (QED) is 0.671. The van der Waals surface area contributed by atoms with Crippen molar-refractivity contribution in [2.45, 2.75) is 59.0 Å². The number of aliphatic hydroxyl groups excluding tert-OH is 1. The normalized spacial score (nSPS) is 13.5. The molecule has 0 rings (SSSR count). The van der Waals surface area contributed by atoms with E-state index in [9.17, 15) is 4.79 Å². The van der Waals surface area contributed by atoms with Gasteiger partial charge in [0.15, 0.2) is 0 Å². The van der Waals surface area contributed by atoms with Crippen LogP contribution in [0.25, 0.3) is 0 Å². The van der Waals surface area contributed by atoms with Crippen molar-refractivity contribution in [3.63, 3.8) is 0 Å². The van der Waals surface area contributed by atoms with Crippen molar-refractivity contribution in [3.8, 4) is 0 Å². The predicted octanol–water partition coefficient (Wildman–Crippen LogP) is 1.84. The molecule has 0 fully saturated rings. The molecule has 1 atom stereocenters. The van der Waals surface area contributed by atoms with E-state index in [4.69, 9.17) is 5.11 Å². The first-order chi connectivity index (χ1) is 7.06. The molecule has 0 aromatic heterocycles. The monoisotopic (exact) mass is 215 g/mol. The molecule has 15 heavy (non-hydrogen) atoms. The summed E-state index contributed by atoms with van der Waals surface area (Å²) in [5, 5.41) is 9.03. The summed E-state index contributed by atoms with van der Waals surface area (Å²) in [5.41, 5.74) is 0. The van der Waals surface area contributed by atoms with Gasteiger partial charge in [0.05, 0.1) is 6.61 Å². The average Bonchev–Trinajstić information content (AvgIpc) is 2.17. The summed E-state index contributed by atoms with van der Waals surface area (Å²) in [4.78, 5) is 13.3. The van der Waals surface area contributed by atoms with Crippen molar-refractivity contribution in [2.75, 3.05) is 13.2 Å². The van der Waals surface area contributed by atoms with Gasteiger partial charge in [0.2, 0.25) is 0 Å². The lowest BCUT2D eigenvalue weighted by atomic mass is 10.0. The maximum absolute atomic E-state index is 11.1. The highest BCUT2D eigenvalue weighted by Gasteiger charge is 2.21. The lowest BCUT2D eigenvalue weighted by Gasteiger charge is -2.34. The molecule has 0 aromatic rings. The number of hydrogen-bond donors (Lipinski definition) is 1. The van der Waals surface area contributed by atoms with E-state index in [-0.39, 0.29) is 18.4 Å². The second kappa shape index (κ2) is 7.83. The molecule has 0 amide bonds. The largest absolute Gasteiger partial charge is 0.395 e. The van der Waals surface area contributed by atoms with Crippen LogP contribution in [0.15, 0.2) is 0 Å². The molecular formula is C12H25NO2. The molecule has 0 aliphatic rings. The summed E-state index contributed by atoms with van der Waals surface area (Å²) in [5.74, 6) is 0.219. The average molecular weight is 215 g/mol. The Balaban J connectivity index is 4.40. The van der Waals surface area contributed by atoms with Crippen LogP contribution >= 0.6 is 0 Å². The molecule has 0 aliphatic heterocycles. The zero-order valence-corrected chi connectivity index (χ0v) is 10.5. The Kier molecular flexibility index (Phi) is 7.61. The summed E-state index contributed by atoms with van der Waals surface area (Å²) in [6.45, 7) is 8.83. The van der Waals surface area contributed by atoms with Crippen LogP contribution < -0.4 is 0 Å². The number of aliphatic hydroxyl groups is 1. The molecule has 0 radical (unpaired) electrons. The predicted molar refractivity (Wildman–Crippen MR) is 62.9 cm³/mol. The Labute approximate surface area is 93.5 Å². The van der Waals surface area contributed by atoms with Crippen molar-refractivity contribution >= 4 is 5.78 Å². The highest BCUT2D eigenvalue weighted by molar-refractivity contribution is 5.76. The van der Waals surface area contributed by atoms with Gasteiger partial charge < -0.3 is 5.11 Å². The number of hydrogen-bond acceptors (Lipinski definition) is 3. The molecule has 0 aromatic carbocycles. The first-order valence-corrected chi connectivity index (χ1v) is 5.92. The van der Waals surface area contributed by atoms with Gasteiger partial charge in [-0.1, -0.05) is 13.8 Å². The van der Waals surface area contributed by atoms with Gasteiger partial charge in [-0.3, -0.25) is 9.69 Å². The first-order valence-electron chi connectivity index (χ1n) is 5.92. The second-order valence-corrected chi connectivity index (χ2v) is 4.19. The Morgan fingerprint density at radius 3 is 2.20 bits per heavy atom. The zero-order valence-electron chi connectivity index (χ0n) is 10.5. The molecule has 0 bridgehead atoms. The Bertz CT molecular complexity index is 178. The third-order valence-corrected chi connectivity index (χ3v) is 2.92. The lowest BCUT2D eigenvalue weighted by Crippen LogP contribution is -2.43. The number of carbonyl (C=O) groups excluding carboxylic acids is 1. The van der Waals surface area contributed by atoms with Gasteiger partial charge in [-0.15, -0.1) is 0 Å². The van der Waals surface area contributed by atoms with Crippen LogP contribution in [0.5, 0.6) is 0 Å². The summed E-state index contributed by atoms with van der Waals surface area (Å²) in [6.07, 6.45) is 2.72. The molecule has 1 unspecified atom stereocenters. The van der Waals surface area contributed by atoms with Crippen LogP contribution in [-0.2, 0) is 4.79 Å². The van der Waals surface area contributed by atoms with Crippen LogP contribution in [0.1, 0.15) is 47.0 Å². The van der Waals surface area contributed by atoms with Gasteiger partial charge in [0.25, 0.3) is 0 Å². The molecule has 0 heterocycles. The third kappa shape index (κ3) is 5.28. The van der Waals surface area contributed by atoms with Crippen LogP contribution in [0.4, 0.5) is 0 Å². The lowest BCUT2D eigenvalue weighted by molar-refractivity contribution is -0.118. The molecule has 0 saturated carbocycles. The fourth-order valence-electron chi connectivity index (χ4n) is 2.17. The van der Waals surface area contributed by atoms with E-state index in [0.29, 0.717) is 19.0 Å². The minimum Gasteiger partial charge on any atom is -0.395 e. The van der Waals surface area contributed by atoms with E-state index in [1.165, 1.54) is 0 Å². The Morgan fingerprint density at radius 1 is 1.33 bits per heavy atom. The Hall–Kier alpha value is -0.410. The van der Waals surface area contributed by atoms with E-state index in [1.54, 1.807) is 6.92 Å². The van der Waals surface area contributed by atoms with E-state index in [1.807, 2.05) is 0 Å². The van der Waals surface area contributed by atoms with E-state index in [2.05, 4.69) is 25.7 Å². The van der Waals surface area contributed by atoms with Crippen LogP contribution in [0, 0.1) is 0 Å². The fraction of sp³-hybridized carbons (Fsp3) is 0.917. The molecule has 0 spiro atoms. The number of Topliss-reactive ketones (excluding diaryl/α,β-unsaturated/α-hetero) is 1. The van der Waals surface area contributed by atoms with Crippen molar-refractivity contribution in [1.29, 1.82) is 0 Å². The Morgan fingerprint density at radius 2 is 1.87 bits per heavy atom. The standard InChI is InChI=1S/C12H25NO2/c1-5-12(6-2)13(7-8-14)10(3)9-11(4)15/h10,12,14H,5-9H2,1-4H3. The minimum absolute atomic E-state index is 0.165. The first kappa shape index (κ1) is 14.6. The fourth-order valence-corrected chi connectivity index (χ4v) is 2.17. The van der Waals surface area contributed by atoms with Gasteiger partial charge in [-0.25, -0.2) is 0 Å². The topological polar surface area (TPSA) is 40.5 Å². The number of ketones is 1. The van der Waals surface area contributed by atoms with E-state index < -0.39 is 0 Å². The van der Waals surface area contributed by atoms with Gasteiger partial charge in [0.1, 0.15) is 5.78 Å². The number of nitrogens with zero attached hydrogens (tertiary/aromatic N) is 1. The third-order valence-electron chi connectivity index (χ3n) is 2.92. The van der Waals surface area contributed by atoms with Crippen molar-refractivity contribution in [3.05, 3.63) is 0 Å².